The molecule has 0 atom stereocenters. The van der Waals surface area contributed by atoms with E-state index in [0.29, 0.717) is 39.2 Å². The predicted octanol–water partition coefficient (Wildman–Crippen LogP) is 3.04. The Bertz CT molecular complexity index is 771. The molecule has 5 nitrogen and oxygen atoms in total. The first-order chi connectivity index (χ1) is 12.2. The van der Waals surface area contributed by atoms with Gasteiger partial charge in [0.25, 0.3) is 0 Å². The van der Waals surface area contributed by atoms with Crippen LogP contribution >= 0.6 is 0 Å². The molecule has 2 heterocycles. The molecule has 2 aromatic rings. The highest BCUT2D eigenvalue weighted by Gasteiger charge is 2.25. The summed E-state index contributed by atoms with van der Waals surface area (Å²) in [6.07, 6.45) is -0.00116. The van der Waals surface area contributed by atoms with Crippen molar-refractivity contribution in [3.8, 4) is 11.1 Å². The molecular weight excluding hydrogens is 316 g/mol. The van der Waals surface area contributed by atoms with E-state index in [4.69, 9.17) is 4.74 Å². The van der Waals surface area contributed by atoms with Gasteiger partial charge in [-0.1, -0.05) is 48.5 Å². The Morgan fingerprint density at radius 2 is 1.56 bits per heavy atom. The minimum atomic E-state index is -0.320. The Morgan fingerprint density at radius 1 is 0.960 bits per heavy atom. The van der Waals surface area contributed by atoms with Crippen LogP contribution in [0.25, 0.3) is 11.1 Å². The molecule has 0 unspecified atom stereocenters. The van der Waals surface area contributed by atoms with Crippen LogP contribution in [0.1, 0.15) is 17.5 Å². The van der Waals surface area contributed by atoms with Crippen molar-refractivity contribution in [1.29, 1.82) is 0 Å². The van der Waals surface area contributed by atoms with Crippen LogP contribution in [-0.2, 0) is 22.6 Å². The molecule has 5 heteroatoms. The van der Waals surface area contributed by atoms with Crippen molar-refractivity contribution in [2.75, 3.05) is 19.7 Å². The Morgan fingerprint density at radius 3 is 2.12 bits per heavy atom. The van der Waals surface area contributed by atoms with Crippen LogP contribution in [0.3, 0.4) is 0 Å². The van der Waals surface area contributed by atoms with Crippen LogP contribution in [-0.4, -0.2) is 41.5 Å². The van der Waals surface area contributed by atoms with Gasteiger partial charge in [0.1, 0.15) is 6.61 Å². The second-order valence-electron chi connectivity index (χ2n) is 6.42. The standard InChI is InChI=1S/C20H20N2O3/c23-19(9-10-21-11-12-25-20(21)24)22-13-15-5-1-3-7-17(15)18-8-4-2-6-16(18)14-22/h1-8H,9-14H2. The van der Waals surface area contributed by atoms with Gasteiger partial charge < -0.3 is 14.5 Å². The molecule has 2 amide bonds. The average molecular weight is 336 g/mol. The first-order valence-electron chi connectivity index (χ1n) is 8.58. The van der Waals surface area contributed by atoms with Gasteiger partial charge >= 0.3 is 6.09 Å². The number of nitrogens with zero attached hydrogens (tertiary/aromatic N) is 2. The lowest BCUT2D eigenvalue weighted by atomic mass is 9.97. The lowest BCUT2D eigenvalue weighted by Gasteiger charge is -2.22. The summed E-state index contributed by atoms with van der Waals surface area (Å²) in [5.41, 5.74) is 4.69. The number of cyclic esters (lactones) is 1. The Hall–Kier alpha value is -2.82. The summed E-state index contributed by atoms with van der Waals surface area (Å²) < 4.78 is 4.92. The smallest absolute Gasteiger partial charge is 0.409 e. The average Bonchev–Trinajstić information content (AvgIpc) is 2.96. The lowest BCUT2D eigenvalue weighted by Crippen LogP contribution is -2.34. The first-order valence-corrected chi connectivity index (χ1v) is 8.58. The second-order valence-corrected chi connectivity index (χ2v) is 6.42. The zero-order valence-electron chi connectivity index (χ0n) is 14.0. The fourth-order valence-corrected chi connectivity index (χ4v) is 3.50. The molecule has 2 aliphatic heterocycles. The van der Waals surface area contributed by atoms with Gasteiger partial charge in [0.05, 0.1) is 6.54 Å². The molecular formula is C20H20N2O3. The molecule has 0 N–H and O–H groups in total. The summed E-state index contributed by atoms with van der Waals surface area (Å²) in [4.78, 5) is 27.8. The van der Waals surface area contributed by atoms with Crippen LogP contribution in [0.4, 0.5) is 4.79 Å². The highest BCUT2D eigenvalue weighted by Crippen LogP contribution is 2.32. The van der Waals surface area contributed by atoms with E-state index in [1.807, 2.05) is 29.2 Å². The molecule has 128 valence electrons. The van der Waals surface area contributed by atoms with Crippen LogP contribution in [0.15, 0.2) is 48.5 Å². The largest absolute Gasteiger partial charge is 0.448 e. The van der Waals surface area contributed by atoms with E-state index < -0.39 is 0 Å². The number of amides is 2. The summed E-state index contributed by atoms with van der Waals surface area (Å²) in [6.45, 7) is 2.58. The fraction of sp³-hybridized carbons (Fsp3) is 0.300. The monoisotopic (exact) mass is 336 g/mol. The molecule has 0 saturated carbocycles. The molecule has 4 rings (SSSR count). The summed E-state index contributed by atoms with van der Waals surface area (Å²) in [7, 11) is 0. The molecule has 2 aromatic carbocycles. The van der Waals surface area contributed by atoms with E-state index in [1.54, 1.807) is 4.90 Å². The highest BCUT2D eigenvalue weighted by molar-refractivity contribution is 5.80. The Labute approximate surface area is 146 Å². The molecule has 0 aliphatic carbocycles. The minimum absolute atomic E-state index is 0.0613. The van der Waals surface area contributed by atoms with Gasteiger partial charge in [0.15, 0.2) is 0 Å². The summed E-state index contributed by atoms with van der Waals surface area (Å²) in [6, 6.07) is 16.5. The molecule has 1 fully saturated rings. The molecule has 1 saturated heterocycles. The van der Waals surface area contributed by atoms with E-state index in [-0.39, 0.29) is 12.0 Å². The normalized spacial score (nSPS) is 16.1. The van der Waals surface area contributed by atoms with Crippen molar-refractivity contribution in [3.63, 3.8) is 0 Å². The van der Waals surface area contributed by atoms with Crippen molar-refractivity contribution in [2.24, 2.45) is 0 Å². The SMILES string of the molecule is O=C(CCN1CCOC1=O)N1Cc2ccccc2-c2ccccc2C1. The molecule has 0 aromatic heterocycles. The summed E-state index contributed by atoms with van der Waals surface area (Å²) in [5.74, 6) is 0.0613. The van der Waals surface area contributed by atoms with Gasteiger partial charge in [-0.05, 0) is 22.3 Å². The number of hydrogen-bond donors (Lipinski definition) is 0. The van der Waals surface area contributed by atoms with Crippen molar-refractivity contribution in [2.45, 2.75) is 19.5 Å². The number of fused-ring (bicyclic) bond motifs is 3. The van der Waals surface area contributed by atoms with Gasteiger partial charge in [0.2, 0.25) is 5.91 Å². The van der Waals surface area contributed by atoms with E-state index in [2.05, 4.69) is 24.3 Å². The van der Waals surface area contributed by atoms with E-state index in [1.165, 1.54) is 11.1 Å². The van der Waals surface area contributed by atoms with E-state index >= 15 is 0 Å². The maximum absolute atomic E-state index is 12.8. The third-order valence-electron chi connectivity index (χ3n) is 4.84. The summed E-state index contributed by atoms with van der Waals surface area (Å²) >= 11 is 0. The number of rotatable bonds is 3. The van der Waals surface area contributed by atoms with Crippen LogP contribution in [0.2, 0.25) is 0 Å². The van der Waals surface area contributed by atoms with Crippen molar-refractivity contribution < 1.29 is 14.3 Å². The van der Waals surface area contributed by atoms with Gasteiger partial charge in [-0.25, -0.2) is 4.79 Å². The maximum Gasteiger partial charge on any atom is 0.409 e. The second kappa shape index (κ2) is 6.59. The first kappa shape index (κ1) is 15.7. The number of benzene rings is 2. The molecule has 2 aliphatic rings. The zero-order chi connectivity index (χ0) is 17.2. The topological polar surface area (TPSA) is 49.9 Å². The number of carbonyl (C=O) groups excluding carboxylic acids is 2. The number of hydrogen-bond acceptors (Lipinski definition) is 3. The van der Waals surface area contributed by atoms with Gasteiger partial charge in [-0.15, -0.1) is 0 Å². The van der Waals surface area contributed by atoms with Crippen molar-refractivity contribution in [1.82, 2.24) is 9.80 Å². The quantitative estimate of drug-likeness (QED) is 0.866. The van der Waals surface area contributed by atoms with Crippen LogP contribution in [0, 0.1) is 0 Å². The van der Waals surface area contributed by atoms with Gasteiger partial charge in [-0.2, -0.15) is 0 Å². The van der Waals surface area contributed by atoms with Crippen LogP contribution in [0.5, 0.6) is 0 Å². The van der Waals surface area contributed by atoms with Crippen LogP contribution < -0.4 is 0 Å². The van der Waals surface area contributed by atoms with E-state index in [9.17, 15) is 9.59 Å². The Balaban J connectivity index is 1.55. The Kier molecular flexibility index (Phi) is 4.14. The summed E-state index contributed by atoms with van der Waals surface area (Å²) in [5, 5.41) is 0. The van der Waals surface area contributed by atoms with Gasteiger partial charge in [-0.3, -0.25) is 4.79 Å². The number of ether oxygens (including phenoxy) is 1. The van der Waals surface area contributed by atoms with Gasteiger partial charge in [0, 0.05) is 26.1 Å². The van der Waals surface area contributed by atoms with E-state index in [0.717, 1.165) is 11.1 Å². The molecule has 25 heavy (non-hydrogen) atoms. The molecule has 0 bridgehead atoms. The number of carbonyl (C=O) groups is 2. The van der Waals surface area contributed by atoms with Crippen molar-refractivity contribution in [3.05, 3.63) is 59.7 Å². The third kappa shape index (κ3) is 3.09. The minimum Gasteiger partial charge on any atom is -0.448 e. The highest BCUT2D eigenvalue weighted by atomic mass is 16.6. The maximum atomic E-state index is 12.8. The zero-order valence-corrected chi connectivity index (χ0v) is 14.0. The molecule has 0 spiro atoms. The predicted molar refractivity (Wildman–Crippen MR) is 93.7 cm³/mol. The van der Waals surface area contributed by atoms with Crippen molar-refractivity contribution >= 4 is 12.0 Å². The molecule has 0 radical (unpaired) electrons. The fourth-order valence-electron chi connectivity index (χ4n) is 3.50. The lowest BCUT2D eigenvalue weighted by molar-refractivity contribution is -0.132. The third-order valence-corrected chi connectivity index (χ3v) is 4.84.